The molecule has 27 heavy (non-hydrogen) atoms. The van der Waals surface area contributed by atoms with Crippen molar-refractivity contribution < 1.29 is 13.9 Å². The molecule has 3 rings (SSSR count). The molecule has 0 aliphatic carbocycles. The Hall–Kier alpha value is -3.06. The van der Waals surface area contributed by atoms with Crippen LogP contribution in [0.15, 0.2) is 35.5 Å². The number of hydrogen-bond donors (Lipinski definition) is 2. The summed E-state index contributed by atoms with van der Waals surface area (Å²) in [5.41, 5.74) is 9.21. The van der Waals surface area contributed by atoms with E-state index in [2.05, 4.69) is 15.3 Å². The second kappa shape index (κ2) is 8.55. The molecule has 1 aromatic carbocycles. The molecule has 1 aliphatic rings. The minimum Gasteiger partial charge on any atom is -0.492 e. The molecule has 6 nitrogen and oxygen atoms in total. The van der Waals surface area contributed by atoms with Crippen molar-refractivity contribution in [2.45, 2.75) is 19.9 Å². The summed E-state index contributed by atoms with van der Waals surface area (Å²) in [5.74, 6) is 1.06. The van der Waals surface area contributed by atoms with Crippen molar-refractivity contribution in [3.63, 3.8) is 0 Å². The van der Waals surface area contributed by atoms with Crippen LogP contribution in [0.25, 0.3) is 5.57 Å². The molecule has 0 amide bonds. The van der Waals surface area contributed by atoms with E-state index in [1.54, 1.807) is 18.5 Å². The van der Waals surface area contributed by atoms with Crippen LogP contribution in [0.1, 0.15) is 34.0 Å². The summed E-state index contributed by atoms with van der Waals surface area (Å²) in [6.07, 6.45) is 6.65. The lowest BCUT2D eigenvalue weighted by Crippen LogP contribution is -2.05. The minimum absolute atomic E-state index is 0.241. The zero-order valence-corrected chi connectivity index (χ0v) is 15.0. The smallest absolute Gasteiger partial charge is 0.150 e. The van der Waals surface area contributed by atoms with E-state index < -0.39 is 5.82 Å². The third kappa shape index (κ3) is 4.38. The predicted octanol–water partition coefficient (Wildman–Crippen LogP) is 2.97. The van der Waals surface area contributed by atoms with Gasteiger partial charge in [-0.1, -0.05) is 0 Å². The van der Waals surface area contributed by atoms with E-state index in [0.29, 0.717) is 36.4 Å². The Morgan fingerprint density at radius 1 is 1.44 bits per heavy atom. The topological polar surface area (TPSA) is 89.6 Å². The molecule has 0 bridgehead atoms. The number of halogens is 1. The van der Waals surface area contributed by atoms with Crippen molar-refractivity contribution in [1.29, 1.82) is 0 Å². The van der Waals surface area contributed by atoms with E-state index in [9.17, 15) is 9.18 Å². The number of fused-ring (bicyclic) bond motifs is 1. The van der Waals surface area contributed by atoms with Gasteiger partial charge in [0.1, 0.15) is 23.7 Å². The highest BCUT2D eigenvalue weighted by atomic mass is 19.1. The van der Waals surface area contributed by atoms with E-state index in [-0.39, 0.29) is 6.67 Å². The maximum Gasteiger partial charge on any atom is 0.150 e. The van der Waals surface area contributed by atoms with Gasteiger partial charge in [0.05, 0.1) is 13.3 Å². The zero-order chi connectivity index (χ0) is 19.2. The molecule has 0 fully saturated rings. The number of benzene rings is 1. The van der Waals surface area contributed by atoms with Crippen molar-refractivity contribution in [2.24, 2.45) is 10.7 Å². The van der Waals surface area contributed by atoms with Crippen molar-refractivity contribution >= 4 is 23.9 Å². The van der Waals surface area contributed by atoms with Gasteiger partial charge < -0.3 is 15.8 Å². The highest BCUT2D eigenvalue weighted by Crippen LogP contribution is 2.37. The number of carbonyl (C=O) groups is 1. The fourth-order valence-electron chi connectivity index (χ4n) is 2.97. The highest BCUT2D eigenvalue weighted by molar-refractivity contribution is 5.86. The first-order valence-corrected chi connectivity index (χ1v) is 8.62. The molecule has 0 spiro atoms. The summed E-state index contributed by atoms with van der Waals surface area (Å²) >= 11 is 0. The molecular formula is C20H21FN4O2. The minimum atomic E-state index is -0.437. The standard InChI is InChI=1S/C20H21FN4O2/c1-13(2-4-23-12-22)18-10-25-20(17-3-5-27-19(17)18)24-9-14-6-15(11-26)8-16(21)7-14/h2,4,6-8,10-11H,3,5,9,12,22H2,1H3,(H,24,25)/b13-2+,23-4-. The SMILES string of the molecule is C/C(=C\C=N/CN)c1cnc(NCc2cc(F)cc(C=O)c2)c2c1OCC2. The van der Waals surface area contributed by atoms with Crippen molar-refractivity contribution in [3.05, 3.63) is 58.5 Å². The number of rotatable bonds is 7. The molecule has 3 N–H and O–H groups in total. The lowest BCUT2D eigenvalue weighted by atomic mass is 10.0. The number of aldehydes is 1. The second-order valence-electron chi connectivity index (χ2n) is 6.15. The van der Waals surface area contributed by atoms with Crippen LogP contribution in [0.2, 0.25) is 0 Å². The number of allylic oxidation sites excluding steroid dienone is 2. The summed E-state index contributed by atoms with van der Waals surface area (Å²) in [6, 6.07) is 4.25. The first-order valence-electron chi connectivity index (χ1n) is 8.62. The quantitative estimate of drug-likeness (QED) is 0.579. The summed E-state index contributed by atoms with van der Waals surface area (Å²) in [6.45, 7) is 3.14. The van der Waals surface area contributed by atoms with Gasteiger partial charge in [-0.25, -0.2) is 9.37 Å². The summed E-state index contributed by atoms with van der Waals surface area (Å²) in [4.78, 5) is 19.4. The van der Waals surface area contributed by atoms with Crippen molar-refractivity contribution in [1.82, 2.24) is 4.98 Å². The fourth-order valence-corrected chi connectivity index (χ4v) is 2.97. The van der Waals surface area contributed by atoms with Crippen LogP contribution < -0.4 is 15.8 Å². The molecule has 2 heterocycles. The number of hydrogen-bond acceptors (Lipinski definition) is 6. The molecule has 140 valence electrons. The molecule has 1 aliphatic heterocycles. The Labute approximate surface area is 157 Å². The predicted molar refractivity (Wildman–Crippen MR) is 104 cm³/mol. The van der Waals surface area contributed by atoms with Gasteiger partial charge in [0.25, 0.3) is 0 Å². The van der Waals surface area contributed by atoms with E-state index in [1.807, 2.05) is 13.0 Å². The summed E-state index contributed by atoms with van der Waals surface area (Å²) in [5, 5.41) is 3.22. The average molecular weight is 368 g/mol. The van der Waals surface area contributed by atoms with Crippen LogP contribution >= 0.6 is 0 Å². The molecule has 0 saturated heterocycles. The van der Waals surface area contributed by atoms with Crippen LogP contribution in [0.5, 0.6) is 5.75 Å². The van der Waals surface area contributed by atoms with E-state index in [1.165, 1.54) is 12.1 Å². The molecule has 2 aromatic rings. The summed E-state index contributed by atoms with van der Waals surface area (Å²) in [7, 11) is 0. The molecule has 0 unspecified atom stereocenters. The Morgan fingerprint density at radius 2 is 2.30 bits per heavy atom. The summed E-state index contributed by atoms with van der Waals surface area (Å²) < 4.78 is 19.4. The lowest BCUT2D eigenvalue weighted by molar-refractivity contribution is 0.112. The van der Waals surface area contributed by atoms with Gasteiger partial charge in [-0.2, -0.15) is 0 Å². The molecule has 0 saturated carbocycles. The van der Waals surface area contributed by atoms with Gasteiger partial charge in [0.2, 0.25) is 0 Å². The molecule has 0 atom stereocenters. The number of nitrogens with zero attached hydrogens (tertiary/aromatic N) is 2. The first kappa shape index (κ1) is 18.7. The van der Waals surface area contributed by atoms with Crippen molar-refractivity contribution in [3.8, 4) is 5.75 Å². The van der Waals surface area contributed by atoms with Crippen LogP contribution in [-0.4, -0.2) is 30.8 Å². The normalized spacial score (nSPS) is 13.5. The number of ether oxygens (including phenoxy) is 1. The molecular weight excluding hydrogens is 347 g/mol. The Kier molecular flexibility index (Phi) is 5.93. The maximum atomic E-state index is 13.6. The number of aromatic nitrogens is 1. The Balaban J connectivity index is 1.83. The zero-order valence-electron chi connectivity index (χ0n) is 15.0. The van der Waals surface area contributed by atoms with Gasteiger partial charge in [0, 0.05) is 42.1 Å². The number of aliphatic imine (C=N–C) groups is 1. The highest BCUT2D eigenvalue weighted by Gasteiger charge is 2.22. The number of anilines is 1. The number of carbonyl (C=O) groups excluding carboxylic acids is 1. The fraction of sp³-hybridized carbons (Fsp3) is 0.250. The largest absolute Gasteiger partial charge is 0.492 e. The van der Waals surface area contributed by atoms with Gasteiger partial charge >= 0.3 is 0 Å². The van der Waals surface area contributed by atoms with Crippen LogP contribution in [0.4, 0.5) is 10.2 Å². The van der Waals surface area contributed by atoms with Gasteiger partial charge in [-0.15, -0.1) is 0 Å². The van der Waals surface area contributed by atoms with E-state index in [0.717, 1.165) is 28.9 Å². The number of pyridine rings is 1. The molecule has 1 aromatic heterocycles. The maximum absolute atomic E-state index is 13.6. The monoisotopic (exact) mass is 368 g/mol. The van der Waals surface area contributed by atoms with Gasteiger partial charge in [0.15, 0.2) is 0 Å². The second-order valence-corrected chi connectivity index (χ2v) is 6.15. The van der Waals surface area contributed by atoms with Crippen molar-refractivity contribution in [2.75, 3.05) is 18.6 Å². The van der Waals surface area contributed by atoms with E-state index in [4.69, 9.17) is 10.5 Å². The van der Waals surface area contributed by atoms with Crippen LogP contribution in [0, 0.1) is 5.82 Å². The molecule has 7 heteroatoms. The third-order valence-electron chi connectivity index (χ3n) is 4.26. The van der Waals surface area contributed by atoms with Gasteiger partial charge in [-0.3, -0.25) is 9.79 Å². The first-order chi connectivity index (χ1) is 13.1. The van der Waals surface area contributed by atoms with Gasteiger partial charge in [-0.05, 0) is 42.3 Å². The third-order valence-corrected chi connectivity index (χ3v) is 4.26. The van der Waals surface area contributed by atoms with Crippen LogP contribution in [0.3, 0.4) is 0 Å². The average Bonchev–Trinajstić information content (AvgIpc) is 3.15. The molecule has 0 radical (unpaired) electrons. The Morgan fingerprint density at radius 3 is 3.07 bits per heavy atom. The van der Waals surface area contributed by atoms with E-state index >= 15 is 0 Å². The number of nitrogens with one attached hydrogen (secondary N) is 1. The Bertz CT molecular complexity index is 909. The van der Waals surface area contributed by atoms with Crippen LogP contribution in [-0.2, 0) is 13.0 Å². The number of nitrogens with two attached hydrogens (primary N) is 1. The lowest BCUT2D eigenvalue weighted by Gasteiger charge is -2.13.